The Bertz CT molecular complexity index is 1100. The molecule has 1 aliphatic heterocycles. The molecule has 1 aromatic heterocycles. The number of hydrogen-bond donors (Lipinski definition) is 2. The van der Waals surface area contributed by atoms with Gasteiger partial charge in [-0.05, 0) is 32.9 Å². The van der Waals surface area contributed by atoms with Crippen LogP contribution in [-0.2, 0) is 23.4 Å². The van der Waals surface area contributed by atoms with Crippen molar-refractivity contribution in [3.8, 4) is 5.75 Å². The van der Waals surface area contributed by atoms with Gasteiger partial charge in [-0.25, -0.2) is 13.8 Å². The van der Waals surface area contributed by atoms with Crippen molar-refractivity contribution in [2.24, 2.45) is 0 Å². The maximum absolute atomic E-state index is 13.8. The second-order valence-electron chi connectivity index (χ2n) is 7.55. The van der Waals surface area contributed by atoms with Gasteiger partial charge in [0.25, 0.3) is 0 Å². The van der Waals surface area contributed by atoms with E-state index in [4.69, 9.17) is 24.3 Å². The minimum absolute atomic E-state index is 0.218. The van der Waals surface area contributed by atoms with Crippen molar-refractivity contribution in [3.05, 3.63) is 52.8 Å². The van der Waals surface area contributed by atoms with Crippen LogP contribution >= 0.6 is 19.5 Å². The summed E-state index contributed by atoms with van der Waals surface area (Å²) >= 11 is 1.26. The van der Waals surface area contributed by atoms with Crippen LogP contribution in [0.4, 0.5) is 10.2 Å². The lowest BCUT2D eigenvalue weighted by atomic mass is 10.3. The number of anilines is 1. The van der Waals surface area contributed by atoms with Crippen molar-refractivity contribution < 1.29 is 32.3 Å². The van der Waals surface area contributed by atoms with Crippen molar-refractivity contribution in [2.75, 3.05) is 18.1 Å². The summed E-state index contributed by atoms with van der Waals surface area (Å²) in [5, 5.41) is 2.58. The van der Waals surface area contributed by atoms with E-state index in [0.717, 1.165) is 10.8 Å². The highest BCUT2D eigenvalue weighted by molar-refractivity contribution is 8.00. The number of nitrogens with two attached hydrogens (primary N) is 1. The molecule has 2 heterocycles. The van der Waals surface area contributed by atoms with Crippen LogP contribution in [0, 0.1) is 5.82 Å². The van der Waals surface area contributed by atoms with Crippen molar-refractivity contribution in [1.82, 2.24) is 14.6 Å². The fraction of sp³-hybridized carbons (Fsp3) is 0.450. The highest BCUT2D eigenvalue weighted by atomic mass is 32.2. The summed E-state index contributed by atoms with van der Waals surface area (Å²) in [6.07, 6.45) is -0.258. The molecule has 1 aromatic carbocycles. The average Bonchev–Trinajstić information content (AvgIpc) is 3.24. The molecule has 1 unspecified atom stereocenters. The van der Waals surface area contributed by atoms with Gasteiger partial charge in [0.05, 0.1) is 18.9 Å². The molecule has 2 aromatic rings. The van der Waals surface area contributed by atoms with E-state index in [2.05, 4.69) is 10.1 Å². The third kappa shape index (κ3) is 7.03. The summed E-state index contributed by atoms with van der Waals surface area (Å²) in [7, 11) is -4.06. The SMILES string of the molecule is CC(C)OC(=O)[C@H](C)NP(=O)(OC[C@@H]1O[C@H](n2cc(F)c(N)nc2=O)CS1)Oc1ccccc1. The minimum Gasteiger partial charge on any atom is -0.462 e. The van der Waals surface area contributed by atoms with Gasteiger partial charge in [0.1, 0.15) is 23.5 Å². The van der Waals surface area contributed by atoms with E-state index in [0.29, 0.717) is 0 Å². The van der Waals surface area contributed by atoms with E-state index in [1.54, 1.807) is 44.2 Å². The first-order valence-corrected chi connectivity index (χ1v) is 12.9. The number of aromatic nitrogens is 2. The van der Waals surface area contributed by atoms with Gasteiger partial charge < -0.3 is 19.7 Å². The Kier molecular flexibility index (Phi) is 8.72. The number of thioether (sulfide) groups is 1. The maximum Gasteiger partial charge on any atom is 0.459 e. The monoisotopic (exact) mass is 516 g/mol. The molecule has 34 heavy (non-hydrogen) atoms. The summed E-state index contributed by atoms with van der Waals surface area (Å²) in [5.74, 6) is -1.43. The fourth-order valence-electron chi connectivity index (χ4n) is 2.83. The molecule has 1 saturated heterocycles. The van der Waals surface area contributed by atoms with Crippen LogP contribution in [0.3, 0.4) is 0 Å². The van der Waals surface area contributed by atoms with Gasteiger partial charge in [-0.1, -0.05) is 18.2 Å². The Morgan fingerprint density at radius 1 is 1.38 bits per heavy atom. The molecule has 3 N–H and O–H groups in total. The zero-order valence-corrected chi connectivity index (χ0v) is 20.5. The predicted octanol–water partition coefficient (Wildman–Crippen LogP) is 2.69. The van der Waals surface area contributed by atoms with Crippen molar-refractivity contribution in [1.29, 1.82) is 0 Å². The molecule has 0 bridgehead atoms. The lowest BCUT2D eigenvalue weighted by Crippen LogP contribution is -2.36. The first kappa shape index (κ1) is 26.2. The van der Waals surface area contributed by atoms with Crippen LogP contribution in [0.15, 0.2) is 41.3 Å². The Morgan fingerprint density at radius 3 is 2.76 bits per heavy atom. The maximum atomic E-state index is 13.8. The summed E-state index contributed by atoms with van der Waals surface area (Å²) < 4.78 is 50.2. The minimum atomic E-state index is -4.06. The number of nitrogens with one attached hydrogen (secondary N) is 1. The van der Waals surface area contributed by atoms with Gasteiger partial charge in [-0.3, -0.25) is 13.9 Å². The molecular weight excluding hydrogens is 490 g/mol. The van der Waals surface area contributed by atoms with Crippen LogP contribution in [0.25, 0.3) is 0 Å². The summed E-state index contributed by atoms with van der Waals surface area (Å²) in [4.78, 5) is 27.7. The van der Waals surface area contributed by atoms with E-state index in [9.17, 15) is 18.5 Å². The quantitative estimate of drug-likeness (QED) is 0.355. The largest absolute Gasteiger partial charge is 0.462 e. The van der Waals surface area contributed by atoms with Crippen LogP contribution in [0.2, 0.25) is 0 Å². The van der Waals surface area contributed by atoms with Gasteiger partial charge in [0.15, 0.2) is 11.6 Å². The zero-order chi connectivity index (χ0) is 24.9. The highest BCUT2D eigenvalue weighted by Gasteiger charge is 2.36. The second-order valence-corrected chi connectivity index (χ2v) is 10.4. The molecule has 1 aliphatic rings. The molecule has 14 heteroatoms. The van der Waals surface area contributed by atoms with E-state index >= 15 is 0 Å². The topological polar surface area (TPSA) is 144 Å². The second kappa shape index (κ2) is 11.3. The van der Waals surface area contributed by atoms with Gasteiger partial charge in [-0.15, -0.1) is 11.8 Å². The molecule has 0 amide bonds. The Hall–Kier alpha value is -2.44. The number of esters is 1. The van der Waals surface area contributed by atoms with E-state index < -0.39 is 48.7 Å². The molecule has 11 nitrogen and oxygen atoms in total. The molecule has 4 atom stereocenters. The van der Waals surface area contributed by atoms with E-state index in [1.807, 2.05) is 0 Å². The Balaban J connectivity index is 1.68. The van der Waals surface area contributed by atoms with E-state index in [-0.39, 0.29) is 24.2 Å². The summed E-state index contributed by atoms with van der Waals surface area (Å²) in [5.41, 5.74) is 3.89. The summed E-state index contributed by atoms with van der Waals surface area (Å²) in [6.45, 7) is 4.64. The third-order valence-corrected chi connectivity index (χ3v) is 7.12. The van der Waals surface area contributed by atoms with Crippen LogP contribution in [0.5, 0.6) is 5.75 Å². The molecule has 0 saturated carbocycles. The first-order valence-electron chi connectivity index (χ1n) is 10.3. The molecule has 0 aliphatic carbocycles. The smallest absolute Gasteiger partial charge is 0.459 e. The van der Waals surface area contributed by atoms with Crippen LogP contribution in [-0.4, -0.2) is 45.5 Å². The van der Waals surface area contributed by atoms with Crippen molar-refractivity contribution in [2.45, 2.75) is 44.6 Å². The standard InChI is InChI=1S/C20H26FN4O7PS/c1-12(2)30-19(26)13(3)24-33(28,32-14-7-5-4-6-8-14)29-10-17-31-16(11-34-17)25-9-15(21)18(22)23-20(25)27/h4-9,12-13,16-17H,10-11H2,1-3H3,(H,24,28)(H2,22,23,27)/t13-,16-,17+,33?/m0/s1. The molecule has 3 rings (SSSR count). The zero-order valence-electron chi connectivity index (χ0n) is 18.8. The Labute approximate surface area is 199 Å². The van der Waals surface area contributed by atoms with Crippen molar-refractivity contribution >= 4 is 31.3 Å². The van der Waals surface area contributed by atoms with Gasteiger partial charge in [-0.2, -0.15) is 10.1 Å². The number of carbonyl (C=O) groups is 1. The third-order valence-electron chi connectivity index (χ3n) is 4.38. The molecule has 186 valence electrons. The molecule has 0 spiro atoms. The lowest BCUT2D eigenvalue weighted by molar-refractivity contribution is -0.149. The number of nitrogens with zero attached hydrogens (tertiary/aromatic N) is 2. The Morgan fingerprint density at radius 2 is 2.09 bits per heavy atom. The lowest BCUT2D eigenvalue weighted by Gasteiger charge is -2.24. The fourth-order valence-corrected chi connectivity index (χ4v) is 5.41. The first-order chi connectivity index (χ1) is 16.1. The number of rotatable bonds is 10. The van der Waals surface area contributed by atoms with Crippen LogP contribution in [0.1, 0.15) is 27.0 Å². The van der Waals surface area contributed by atoms with Gasteiger partial charge >= 0.3 is 19.4 Å². The van der Waals surface area contributed by atoms with E-state index in [1.165, 1.54) is 18.7 Å². The number of nitrogen functional groups attached to an aromatic ring is 1. The van der Waals surface area contributed by atoms with Gasteiger partial charge in [0, 0.05) is 5.75 Å². The number of halogens is 1. The normalized spacial score (nSPS) is 20.6. The molecule has 1 fully saturated rings. The van der Waals surface area contributed by atoms with Gasteiger partial charge in [0.2, 0.25) is 0 Å². The highest BCUT2D eigenvalue weighted by Crippen LogP contribution is 2.46. The molecule has 0 radical (unpaired) electrons. The van der Waals surface area contributed by atoms with Crippen LogP contribution < -0.4 is 21.0 Å². The van der Waals surface area contributed by atoms with Crippen molar-refractivity contribution in [3.63, 3.8) is 0 Å². The average molecular weight is 516 g/mol. The number of hydrogen-bond acceptors (Lipinski definition) is 10. The number of benzene rings is 1. The number of ether oxygens (including phenoxy) is 2. The number of para-hydroxylation sites is 1. The summed E-state index contributed by atoms with van der Waals surface area (Å²) in [6, 6.07) is 7.31. The number of carbonyl (C=O) groups excluding carboxylic acids is 1. The molecular formula is C20H26FN4O7PS. The predicted molar refractivity (Wildman–Crippen MR) is 124 cm³/mol.